The fraction of sp³-hybridized carbons (Fsp3) is 0.368. The second-order valence-corrected chi connectivity index (χ2v) is 15.4. The number of rotatable bonds is 10. The zero-order valence-corrected chi connectivity index (χ0v) is 28.9. The molecule has 0 aromatic heterocycles. The van der Waals surface area contributed by atoms with Gasteiger partial charge in [-0.3, -0.25) is 0 Å². The minimum Gasteiger partial charge on any atom is -1.00 e. The summed E-state index contributed by atoms with van der Waals surface area (Å²) in [7, 11) is 0. The van der Waals surface area contributed by atoms with E-state index in [-0.39, 0.29) is 35.6 Å². The van der Waals surface area contributed by atoms with Crippen molar-refractivity contribution in [3.63, 3.8) is 0 Å². The van der Waals surface area contributed by atoms with Crippen molar-refractivity contribution in [3.8, 4) is 0 Å². The van der Waals surface area contributed by atoms with Gasteiger partial charge in [-0.25, -0.2) is 0 Å². The van der Waals surface area contributed by atoms with Crippen LogP contribution in [-0.4, -0.2) is 0 Å². The summed E-state index contributed by atoms with van der Waals surface area (Å²) in [4.78, 5) is 0. The quantitative estimate of drug-likeness (QED) is 0.346. The van der Waals surface area contributed by atoms with Gasteiger partial charge in [-0.15, -0.1) is 0 Å². The predicted molar refractivity (Wildman–Crippen MR) is 164 cm³/mol. The summed E-state index contributed by atoms with van der Waals surface area (Å²) in [5, 5.41) is 0. The molecule has 0 amide bonds. The monoisotopic (exact) mass is 658 g/mol. The number of allylic oxidation sites excluding steroid dienone is 10. The van der Waals surface area contributed by atoms with Crippen LogP contribution in [0.25, 0.3) is 12.2 Å². The molecule has 2 unspecified atom stereocenters. The van der Waals surface area contributed by atoms with E-state index in [0.717, 1.165) is 0 Å². The van der Waals surface area contributed by atoms with Crippen molar-refractivity contribution in [2.24, 2.45) is 10.8 Å². The molecule has 0 bridgehead atoms. The molecule has 2 aromatic carbocycles. The SMILES string of the molecule is CCC(CC)(C1=[C]([Zr+2][C]2=C(C(CC)(CC)C3C=Cc4ccccc43)C=CC2)CC=C1)C1C=Cc2ccccc21.[Cl-].[Cl-]. The molecular formula is C38H42Cl2Zr. The van der Waals surface area contributed by atoms with Crippen molar-refractivity contribution in [2.45, 2.75) is 78.1 Å². The zero-order chi connectivity index (χ0) is 27.0. The Balaban J connectivity index is 0.00000194. The first-order valence-corrected chi connectivity index (χ1v) is 17.7. The molecule has 41 heavy (non-hydrogen) atoms. The Hall–Kier alpha value is -1.66. The van der Waals surface area contributed by atoms with E-state index >= 15 is 0 Å². The topological polar surface area (TPSA) is 0 Å². The first-order chi connectivity index (χ1) is 19.1. The van der Waals surface area contributed by atoms with Crippen molar-refractivity contribution in [2.75, 3.05) is 0 Å². The Kier molecular flexibility index (Phi) is 10.5. The van der Waals surface area contributed by atoms with Gasteiger partial charge in [0.25, 0.3) is 0 Å². The van der Waals surface area contributed by atoms with Crippen molar-refractivity contribution < 1.29 is 48.0 Å². The van der Waals surface area contributed by atoms with Crippen molar-refractivity contribution in [1.82, 2.24) is 0 Å². The summed E-state index contributed by atoms with van der Waals surface area (Å²) in [5.74, 6) is 0.966. The first-order valence-electron chi connectivity index (χ1n) is 15.2. The van der Waals surface area contributed by atoms with E-state index in [0.29, 0.717) is 11.8 Å². The van der Waals surface area contributed by atoms with E-state index in [9.17, 15) is 0 Å². The van der Waals surface area contributed by atoms with Gasteiger partial charge in [-0.1, -0.05) is 0 Å². The van der Waals surface area contributed by atoms with Crippen LogP contribution in [0.1, 0.15) is 100 Å². The van der Waals surface area contributed by atoms with Gasteiger partial charge < -0.3 is 24.8 Å². The fourth-order valence-electron chi connectivity index (χ4n) is 8.30. The largest absolute Gasteiger partial charge is 1.00 e. The van der Waals surface area contributed by atoms with Gasteiger partial charge in [0, 0.05) is 0 Å². The predicted octanol–water partition coefficient (Wildman–Crippen LogP) is 4.74. The van der Waals surface area contributed by atoms with E-state index in [4.69, 9.17) is 0 Å². The molecule has 0 heterocycles. The third-order valence-corrected chi connectivity index (χ3v) is 14.4. The fourth-order valence-corrected chi connectivity index (χ4v) is 12.6. The third-order valence-electron chi connectivity index (χ3n) is 10.6. The summed E-state index contributed by atoms with van der Waals surface area (Å²) < 4.78 is 3.67. The summed E-state index contributed by atoms with van der Waals surface area (Å²) >= 11 is -0.919. The maximum atomic E-state index is 2.55. The van der Waals surface area contributed by atoms with Crippen LogP contribution in [0.5, 0.6) is 0 Å². The van der Waals surface area contributed by atoms with Crippen LogP contribution in [0, 0.1) is 10.8 Å². The molecule has 0 spiro atoms. The number of hydrogen-bond donors (Lipinski definition) is 0. The van der Waals surface area contributed by atoms with Crippen molar-refractivity contribution in [3.05, 3.63) is 125 Å². The van der Waals surface area contributed by atoms with Gasteiger partial charge >= 0.3 is 249 Å². The van der Waals surface area contributed by atoms with Gasteiger partial charge in [-0.05, 0) is 0 Å². The van der Waals surface area contributed by atoms with E-state index in [1.54, 1.807) is 11.1 Å². The van der Waals surface area contributed by atoms with Crippen LogP contribution in [0.4, 0.5) is 0 Å². The Morgan fingerprint density at radius 2 is 0.976 bits per heavy atom. The Labute approximate surface area is 272 Å². The molecule has 2 aromatic rings. The standard InChI is InChI=1S/2C19H21.2ClH.Zr/c2*1-3-19(4-2,16-10-6-7-11-16)18-14-13-15-9-5-8-12-17(15)18;;;/h2*5-6,8-10,12-14,18H,3-4,7H2,1-2H3;2*1H;/q;;;;+2/p-2. The van der Waals surface area contributed by atoms with E-state index in [1.165, 1.54) is 60.8 Å². The first kappa shape index (κ1) is 32.3. The molecule has 6 rings (SSSR count). The molecule has 4 aliphatic carbocycles. The Morgan fingerprint density at radius 3 is 1.37 bits per heavy atom. The molecule has 212 valence electrons. The van der Waals surface area contributed by atoms with Gasteiger partial charge in [0.1, 0.15) is 0 Å². The van der Waals surface area contributed by atoms with Crippen LogP contribution in [0.2, 0.25) is 0 Å². The summed E-state index contributed by atoms with van der Waals surface area (Å²) in [6.45, 7) is 9.74. The molecule has 0 fully saturated rings. The van der Waals surface area contributed by atoms with Crippen molar-refractivity contribution in [1.29, 1.82) is 0 Å². The van der Waals surface area contributed by atoms with Gasteiger partial charge in [0.2, 0.25) is 0 Å². The van der Waals surface area contributed by atoms with Gasteiger partial charge in [0.15, 0.2) is 0 Å². The molecule has 2 atom stereocenters. The van der Waals surface area contributed by atoms with E-state index < -0.39 is 23.2 Å². The maximum Gasteiger partial charge on any atom is -1.00 e. The molecule has 0 nitrogen and oxygen atoms in total. The van der Waals surface area contributed by atoms with Crippen molar-refractivity contribution >= 4 is 12.2 Å². The van der Waals surface area contributed by atoms with Gasteiger partial charge in [0.05, 0.1) is 0 Å². The molecule has 0 radical (unpaired) electrons. The normalized spacial score (nSPS) is 20.3. The minimum absolute atomic E-state index is 0. The average Bonchev–Trinajstić information content (AvgIpc) is 3.79. The van der Waals surface area contributed by atoms with Crippen LogP contribution in [0.15, 0.2) is 103 Å². The minimum atomic E-state index is -0.919. The molecule has 0 N–H and O–H groups in total. The number of hydrogen-bond acceptors (Lipinski definition) is 0. The second kappa shape index (κ2) is 13.3. The van der Waals surface area contributed by atoms with Crippen LogP contribution < -0.4 is 24.8 Å². The molecule has 0 saturated carbocycles. The molecule has 0 aliphatic heterocycles. The molecule has 3 heteroatoms. The summed E-state index contributed by atoms with van der Waals surface area (Å²) in [6, 6.07) is 18.2. The van der Waals surface area contributed by atoms with Crippen LogP contribution in [-0.2, 0) is 23.2 Å². The Morgan fingerprint density at radius 1 is 0.585 bits per heavy atom. The average molecular weight is 661 g/mol. The Bertz CT molecular complexity index is 1330. The van der Waals surface area contributed by atoms with E-state index in [2.05, 4.69) is 125 Å². The van der Waals surface area contributed by atoms with E-state index in [1.807, 2.05) is 6.56 Å². The molecular weight excluding hydrogens is 619 g/mol. The van der Waals surface area contributed by atoms with Crippen LogP contribution >= 0.6 is 0 Å². The number of fused-ring (bicyclic) bond motifs is 2. The smallest absolute Gasteiger partial charge is 1.00 e. The number of benzene rings is 2. The molecule has 0 saturated heterocycles. The summed E-state index contributed by atoms with van der Waals surface area (Å²) in [6.07, 6.45) is 27.0. The maximum absolute atomic E-state index is 2.55. The number of halogens is 2. The van der Waals surface area contributed by atoms with Crippen LogP contribution in [0.3, 0.4) is 0 Å². The zero-order valence-electron chi connectivity index (χ0n) is 24.9. The third kappa shape index (κ3) is 5.24. The second-order valence-electron chi connectivity index (χ2n) is 11.8. The summed E-state index contributed by atoms with van der Waals surface area (Å²) in [5.41, 5.74) is 9.69. The molecule has 4 aliphatic rings. The van der Waals surface area contributed by atoms with Gasteiger partial charge in [-0.2, -0.15) is 0 Å².